The lowest BCUT2D eigenvalue weighted by Gasteiger charge is -2.20. The Labute approximate surface area is 167 Å². The summed E-state index contributed by atoms with van der Waals surface area (Å²) in [4.78, 5) is 0. The van der Waals surface area contributed by atoms with E-state index in [0.29, 0.717) is 11.1 Å². The molecular formula is C25H18F2O2. The summed E-state index contributed by atoms with van der Waals surface area (Å²) in [7, 11) is 0. The smallest absolute Gasteiger partial charge is 0.134 e. The van der Waals surface area contributed by atoms with Gasteiger partial charge in [-0.25, -0.2) is 8.78 Å². The van der Waals surface area contributed by atoms with E-state index in [1.165, 1.54) is 36.4 Å². The maximum atomic E-state index is 15.0. The van der Waals surface area contributed by atoms with Gasteiger partial charge in [0, 0.05) is 5.92 Å². The van der Waals surface area contributed by atoms with Crippen molar-refractivity contribution in [3.63, 3.8) is 0 Å². The Kier molecular flexibility index (Phi) is 5.00. The van der Waals surface area contributed by atoms with Crippen molar-refractivity contribution >= 4 is 0 Å². The molecule has 4 heteroatoms. The molecular weight excluding hydrogens is 370 g/mol. The lowest BCUT2D eigenvalue weighted by atomic mass is 9.84. The maximum absolute atomic E-state index is 15.0. The predicted molar refractivity (Wildman–Crippen MR) is 109 cm³/mol. The van der Waals surface area contributed by atoms with E-state index in [1.54, 1.807) is 54.6 Å². The van der Waals surface area contributed by atoms with Crippen molar-refractivity contribution in [2.75, 3.05) is 0 Å². The average Bonchev–Trinajstić information content (AvgIpc) is 2.71. The van der Waals surface area contributed by atoms with E-state index in [1.807, 2.05) is 0 Å². The number of benzene rings is 4. The molecule has 0 saturated carbocycles. The van der Waals surface area contributed by atoms with Crippen LogP contribution in [-0.2, 0) is 0 Å². The van der Waals surface area contributed by atoms with E-state index in [9.17, 15) is 19.0 Å². The average molecular weight is 388 g/mol. The van der Waals surface area contributed by atoms with Crippen molar-refractivity contribution in [2.45, 2.75) is 5.92 Å². The zero-order chi connectivity index (χ0) is 20.4. The van der Waals surface area contributed by atoms with Crippen molar-refractivity contribution in [3.8, 4) is 22.6 Å². The first-order chi connectivity index (χ1) is 14.0. The highest BCUT2D eigenvalue weighted by molar-refractivity contribution is 5.66. The topological polar surface area (TPSA) is 40.5 Å². The van der Waals surface area contributed by atoms with Gasteiger partial charge < -0.3 is 10.2 Å². The van der Waals surface area contributed by atoms with E-state index >= 15 is 0 Å². The Morgan fingerprint density at radius 1 is 0.552 bits per heavy atom. The van der Waals surface area contributed by atoms with Crippen LogP contribution < -0.4 is 0 Å². The van der Waals surface area contributed by atoms with Crippen LogP contribution in [0.1, 0.15) is 22.6 Å². The van der Waals surface area contributed by atoms with Crippen molar-refractivity contribution in [1.82, 2.24) is 0 Å². The number of phenolic OH excluding ortho intramolecular Hbond substituents is 2. The summed E-state index contributed by atoms with van der Waals surface area (Å²) in [6, 6.07) is 24.3. The minimum absolute atomic E-state index is 0.0653. The molecule has 0 amide bonds. The van der Waals surface area contributed by atoms with Crippen molar-refractivity contribution in [1.29, 1.82) is 0 Å². The molecule has 4 rings (SSSR count). The molecule has 0 aliphatic rings. The standard InChI is InChI=1S/C25H18F2O2/c26-22-14-19(15-23(27)25(22)16-4-2-1-3-5-16)24(17-6-10-20(28)11-7-17)18-8-12-21(29)13-9-18/h1-15,24,28-29H. The molecule has 2 nitrogen and oxygen atoms in total. The SMILES string of the molecule is Oc1ccc(C(c2ccc(O)cc2)c2cc(F)c(-c3ccccc3)c(F)c2)cc1. The first-order valence-corrected chi connectivity index (χ1v) is 9.15. The fraction of sp³-hybridized carbons (Fsp3) is 0.0400. The van der Waals surface area contributed by atoms with Crippen LogP contribution in [0.3, 0.4) is 0 Å². The minimum Gasteiger partial charge on any atom is -0.508 e. The van der Waals surface area contributed by atoms with Crippen LogP contribution in [0.4, 0.5) is 8.78 Å². The molecule has 29 heavy (non-hydrogen) atoms. The Morgan fingerprint density at radius 3 is 1.45 bits per heavy atom. The Hall–Kier alpha value is -3.66. The molecule has 0 saturated heterocycles. The third-order valence-corrected chi connectivity index (χ3v) is 4.91. The fourth-order valence-electron chi connectivity index (χ4n) is 3.55. The Morgan fingerprint density at radius 2 is 1.00 bits per heavy atom. The van der Waals surface area contributed by atoms with Gasteiger partial charge in [0.25, 0.3) is 0 Å². The first-order valence-electron chi connectivity index (χ1n) is 9.15. The lowest BCUT2D eigenvalue weighted by molar-refractivity contribution is 0.475. The molecule has 144 valence electrons. The van der Waals surface area contributed by atoms with Crippen molar-refractivity contribution < 1.29 is 19.0 Å². The van der Waals surface area contributed by atoms with Crippen LogP contribution in [0.25, 0.3) is 11.1 Å². The number of halogens is 2. The number of phenols is 2. The van der Waals surface area contributed by atoms with Crippen LogP contribution in [-0.4, -0.2) is 10.2 Å². The molecule has 0 fully saturated rings. The minimum atomic E-state index is -0.645. The summed E-state index contributed by atoms with van der Waals surface area (Å²) < 4.78 is 30.0. The molecule has 0 atom stereocenters. The van der Waals surface area contributed by atoms with Gasteiger partial charge in [-0.15, -0.1) is 0 Å². The van der Waals surface area contributed by atoms with Gasteiger partial charge in [0.1, 0.15) is 23.1 Å². The first kappa shape index (κ1) is 18.7. The molecule has 0 aromatic heterocycles. The lowest BCUT2D eigenvalue weighted by Crippen LogP contribution is -2.05. The van der Waals surface area contributed by atoms with Crippen LogP contribution in [0, 0.1) is 11.6 Å². The number of hydrogen-bond donors (Lipinski definition) is 2. The monoisotopic (exact) mass is 388 g/mol. The van der Waals surface area contributed by atoms with Crippen molar-refractivity contribution in [3.05, 3.63) is 119 Å². The second kappa shape index (κ2) is 7.76. The largest absolute Gasteiger partial charge is 0.508 e. The quantitative estimate of drug-likeness (QED) is 0.407. The van der Waals surface area contributed by atoms with Gasteiger partial charge in [-0.2, -0.15) is 0 Å². The van der Waals surface area contributed by atoms with Crippen LogP contribution in [0.15, 0.2) is 91.0 Å². The molecule has 4 aromatic carbocycles. The molecule has 0 heterocycles. The molecule has 0 bridgehead atoms. The summed E-state index contributed by atoms with van der Waals surface area (Å²) in [6.07, 6.45) is 0. The molecule has 0 unspecified atom stereocenters. The van der Waals surface area contributed by atoms with E-state index in [-0.39, 0.29) is 17.1 Å². The van der Waals surface area contributed by atoms with Gasteiger partial charge in [0.05, 0.1) is 5.56 Å². The molecule has 2 N–H and O–H groups in total. The molecule has 0 spiro atoms. The second-order valence-electron chi connectivity index (χ2n) is 6.84. The zero-order valence-corrected chi connectivity index (χ0v) is 15.4. The van der Waals surface area contributed by atoms with Gasteiger partial charge in [0.15, 0.2) is 0 Å². The predicted octanol–water partition coefficient (Wildman–Crippen LogP) is 6.22. The Bertz CT molecular complexity index is 1050. The summed E-state index contributed by atoms with van der Waals surface area (Å²) in [5.74, 6) is -1.54. The van der Waals surface area contributed by atoms with Crippen LogP contribution >= 0.6 is 0 Å². The fourth-order valence-corrected chi connectivity index (χ4v) is 3.55. The summed E-state index contributed by atoms with van der Waals surface area (Å²) in [5.41, 5.74) is 2.37. The zero-order valence-electron chi connectivity index (χ0n) is 15.4. The molecule has 0 radical (unpaired) electrons. The van der Waals surface area contributed by atoms with Gasteiger partial charge in [-0.05, 0) is 58.7 Å². The van der Waals surface area contributed by atoms with E-state index in [4.69, 9.17) is 0 Å². The van der Waals surface area contributed by atoms with E-state index in [0.717, 1.165) is 11.1 Å². The highest BCUT2D eigenvalue weighted by atomic mass is 19.1. The number of aromatic hydroxyl groups is 2. The van der Waals surface area contributed by atoms with Gasteiger partial charge >= 0.3 is 0 Å². The highest BCUT2D eigenvalue weighted by Gasteiger charge is 2.21. The second-order valence-corrected chi connectivity index (χ2v) is 6.84. The third kappa shape index (κ3) is 3.83. The summed E-state index contributed by atoms with van der Waals surface area (Å²) >= 11 is 0. The van der Waals surface area contributed by atoms with Gasteiger partial charge in [-0.1, -0.05) is 54.6 Å². The number of hydrogen-bond acceptors (Lipinski definition) is 2. The molecule has 0 aliphatic carbocycles. The van der Waals surface area contributed by atoms with Gasteiger partial charge in [0.2, 0.25) is 0 Å². The van der Waals surface area contributed by atoms with Gasteiger partial charge in [-0.3, -0.25) is 0 Å². The number of rotatable bonds is 4. The summed E-state index contributed by atoms with van der Waals surface area (Å²) in [6.45, 7) is 0. The van der Waals surface area contributed by atoms with Crippen LogP contribution in [0.5, 0.6) is 11.5 Å². The van der Waals surface area contributed by atoms with E-state index < -0.39 is 17.6 Å². The molecule has 0 aliphatic heterocycles. The molecule has 4 aromatic rings. The Balaban J connectivity index is 1.87. The normalized spacial score (nSPS) is 11.0. The third-order valence-electron chi connectivity index (χ3n) is 4.91. The van der Waals surface area contributed by atoms with Crippen LogP contribution in [0.2, 0.25) is 0 Å². The maximum Gasteiger partial charge on any atom is 0.134 e. The van der Waals surface area contributed by atoms with Crippen molar-refractivity contribution in [2.24, 2.45) is 0 Å². The van der Waals surface area contributed by atoms with E-state index in [2.05, 4.69) is 0 Å². The highest BCUT2D eigenvalue weighted by Crippen LogP contribution is 2.36. The summed E-state index contributed by atoms with van der Waals surface area (Å²) in [5, 5.41) is 19.2.